The molecule has 0 atom stereocenters. The summed E-state index contributed by atoms with van der Waals surface area (Å²) in [6, 6.07) is 2.83. The van der Waals surface area contributed by atoms with Crippen LogP contribution in [0.1, 0.15) is 57.4 Å². The van der Waals surface area contributed by atoms with Crippen molar-refractivity contribution in [2.45, 2.75) is 51.9 Å². The molecule has 1 saturated carbocycles. The molecule has 0 amide bonds. The average molecular weight is 379 g/mol. The Hall–Kier alpha value is -0.710. The van der Waals surface area contributed by atoms with Crippen LogP contribution in [0.4, 0.5) is 13.2 Å². The first-order valence-electron chi connectivity index (χ1n) is 7.91. The predicted molar refractivity (Wildman–Crippen MR) is 84.9 cm³/mol. The normalized spacial score (nSPS) is 22.1. The lowest BCUT2D eigenvalue weighted by Gasteiger charge is -2.28. The number of hydrogen-bond donors (Lipinski definition) is 0. The highest BCUT2D eigenvalue weighted by Gasteiger charge is 2.24. The van der Waals surface area contributed by atoms with Gasteiger partial charge in [0.2, 0.25) is 0 Å². The summed E-state index contributed by atoms with van der Waals surface area (Å²) in [5.41, 5.74) is -0.621. The van der Waals surface area contributed by atoms with Crippen LogP contribution in [0.15, 0.2) is 16.6 Å². The van der Waals surface area contributed by atoms with Gasteiger partial charge in [-0.2, -0.15) is 0 Å². The molecule has 0 bridgehead atoms. The van der Waals surface area contributed by atoms with Crippen LogP contribution in [0.3, 0.4) is 0 Å². The van der Waals surface area contributed by atoms with Crippen LogP contribution in [-0.2, 0) is 0 Å². The van der Waals surface area contributed by atoms with E-state index in [4.69, 9.17) is 4.74 Å². The van der Waals surface area contributed by atoms with Crippen LogP contribution in [-0.4, -0.2) is 6.61 Å². The van der Waals surface area contributed by atoms with Gasteiger partial charge in [0, 0.05) is 4.47 Å². The van der Waals surface area contributed by atoms with Crippen LogP contribution in [0.25, 0.3) is 0 Å². The van der Waals surface area contributed by atoms with Crippen molar-refractivity contribution in [3.05, 3.63) is 28.0 Å². The summed E-state index contributed by atoms with van der Waals surface area (Å²) in [5.74, 6) is 0.167. The summed E-state index contributed by atoms with van der Waals surface area (Å²) < 4.78 is 45.3. The van der Waals surface area contributed by atoms with Crippen molar-refractivity contribution in [1.82, 2.24) is 0 Å². The molecule has 1 nitrogen and oxygen atoms in total. The molecule has 0 radical (unpaired) electrons. The smallest absolute Gasteiger partial charge is 0.267 e. The quantitative estimate of drug-likeness (QED) is 0.547. The van der Waals surface area contributed by atoms with Gasteiger partial charge in [-0.05, 0) is 36.8 Å². The maximum atomic E-state index is 14.1. The average Bonchev–Trinajstić information content (AvgIpc) is 2.48. The van der Waals surface area contributed by atoms with E-state index in [-0.39, 0.29) is 10.2 Å². The molecule has 1 aromatic rings. The van der Waals surface area contributed by atoms with Gasteiger partial charge in [-0.25, -0.2) is 13.2 Å². The predicted octanol–water partition coefficient (Wildman–Crippen LogP) is 6.51. The summed E-state index contributed by atoms with van der Waals surface area (Å²) >= 11 is 2.96. The molecule has 0 saturated heterocycles. The minimum atomic E-state index is -2.86. The number of benzene rings is 1. The zero-order valence-corrected chi connectivity index (χ0v) is 14.3. The van der Waals surface area contributed by atoms with E-state index < -0.39 is 17.8 Å². The molecule has 22 heavy (non-hydrogen) atoms. The Labute approximate surface area is 138 Å². The highest BCUT2D eigenvalue weighted by Crippen LogP contribution is 2.36. The van der Waals surface area contributed by atoms with Gasteiger partial charge in [0.25, 0.3) is 6.43 Å². The van der Waals surface area contributed by atoms with Gasteiger partial charge in [-0.3, -0.25) is 0 Å². The Morgan fingerprint density at radius 1 is 1.18 bits per heavy atom. The Bertz CT molecular complexity index is 485. The van der Waals surface area contributed by atoms with Crippen molar-refractivity contribution < 1.29 is 17.9 Å². The molecular formula is C17H22BrF3O. The number of alkyl halides is 2. The lowest BCUT2D eigenvalue weighted by Crippen LogP contribution is -2.20. The van der Waals surface area contributed by atoms with Crippen LogP contribution < -0.4 is 4.74 Å². The van der Waals surface area contributed by atoms with Crippen molar-refractivity contribution in [1.29, 1.82) is 0 Å². The Kier molecular flexibility index (Phi) is 6.60. The molecule has 5 heteroatoms. The van der Waals surface area contributed by atoms with E-state index in [1.54, 1.807) is 0 Å². The molecule has 0 spiro atoms. The molecule has 1 aliphatic rings. The largest absolute Gasteiger partial charge is 0.490 e. The standard InChI is InChI=1S/C17H22BrF3O/c1-2-3-11-4-6-12(7-5-11)10-22-14-9-8-13(18)15(16(14)19)17(20)21/h8-9,11-12,17H,2-7,10H2,1H3. The number of halogens is 4. The van der Waals surface area contributed by atoms with Crippen LogP contribution in [0.2, 0.25) is 0 Å². The minimum absolute atomic E-state index is 0.0748. The molecule has 2 rings (SSSR count). The fourth-order valence-corrected chi connectivity index (χ4v) is 3.64. The summed E-state index contributed by atoms with van der Waals surface area (Å²) in [7, 11) is 0. The highest BCUT2D eigenvalue weighted by atomic mass is 79.9. The molecule has 1 fully saturated rings. The Morgan fingerprint density at radius 2 is 1.82 bits per heavy atom. The molecule has 1 aliphatic carbocycles. The molecular weight excluding hydrogens is 357 g/mol. The third-order valence-corrected chi connectivity index (χ3v) is 5.14. The molecule has 124 valence electrons. The van der Waals surface area contributed by atoms with Crippen LogP contribution in [0, 0.1) is 17.7 Å². The second-order valence-corrected chi connectivity index (χ2v) is 6.91. The van der Waals surface area contributed by atoms with Crippen molar-refractivity contribution in [3.8, 4) is 5.75 Å². The number of rotatable bonds is 6. The topological polar surface area (TPSA) is 9.23 Å². The lowest BCUT2D eigenvalue weighted by atomic mass is 9.80. The first-order valence-corrected chi connectivity index (χ1v) is 8.71. The summed E-state index contributed by atoms with van der Waals surface area (Å²) in [5, 5.41) is 0. The van der Waals surface area contributed by atoms with Crippen LogP contribution >= 0.6 is 15.9 Å². The van der Waals surface area contributed by atoms with E-state index in [2.05, 4.69) is 22.9 Å². The van der Waals surface area contributed by atoms with Crippen LogP contribution in [0.5, 0.6) is 5.75 Å². The summed E-state index contributed by atoms with van der Waals surface area (Å²) in [4.78, 5) is 0. The van der Waals surface area contributed by atoms with Gasteiger partial charge in [0.15, 0.2) is 11.6 Å². The van der Waals surface area contributed by atoms with E-state index in [9.17, 15) is 13.2 Å². The van der Waals surface area contributed by atoms with Crippen molar-refractivity contribution in [2.75, 3.05) is 6.61 Å². The fourth-order valence-electron chi connectivity index (χ4n) is 3.16. The van der Waals surface area contributed by atoms with Gasteiger partial charge < -0.3 is 4.74 Å². The van der Waals surface area contributed by atoms with E-state index in [0.717, 1.165) is 18.8 Å². The van der Waals surface area contributed by atoms with Gasteiger partial charge in [-0.15, -0.1) is 0 Å². The zero-order valence-electron chi connectivity index (χ0n) is 12.8. The summed E-state index contributed by atoms with van der Waals surface area (Å²) in [6.45, 7) is 2.60. The fraction of sp³-hybridized carbons (Fsp3) is 0.647. The maximum Gasteiger partial charge on any atom is 0.267 e. The summed E-state index contributed by atoms with van der Waals surface area (Å²) in [6.07, 6.45) is 4.15. The lowest BCUT2D eigenvalue weighted by molar-refractivity contribution is 0.141. The number of hydrogen-bond acceptors (Lipinski definition) is 1. The molecule has 0 aromatic heterocycles. The minimum Gasteiger partial charge on any atom is -0.490 e. The van der Waals surface area contributed by atoms with Gasteiger partial charge in [0.05, 0.1) is 12.2 Å². The van der Waals surface area contributed by atoms with Gasteiger partial charge >= 0.3 is 0 Å². The molecule has 0 aliphatic heterocycles. The molecule has 0 heterocycles. The second-order valence-electron chi connectivity index (χ2n) is 6.06. The van der Waals surface area contributed by atoms with Crippen molar-refractivity contribution in [2.24, 2.45) is 11.8 Å². The first kappa shape index (κ1) is 17.6. The molecule has 0 N–H and O–H groups in total. The van der Waals surface area contributed by atoms with E-state index >= 15 is 0 Å². The van der Waals surface area contributed by atoms with Gasteiger partial charge in [0.1, 0.15) is 0 Å². The number of ether oxygens (including phenoxy) is 1. The molecule has 1 aromatic carbocycles. The Morgan fingerprint density at radius 3 is 2.41 bits per heavy atom. The van der Waals surface area contributed by atoms with Crippen molar-refractivity contribution in [3.63, 3.8) is 0 Å². The van der Waals surface area contributed by atoms with E-state index in [1.807, 2.05) is 0 Å². The molecule has 0 unspecified atom stereocenters. The maximum absolute atomic E-state index is 14.1. The third kappa shape index (κ3) is 4.40. The monoisotopic (exact) mass is 378 g/mol. The van der Waals surface area contributed by atoms with Gasteiger partial charge in [-0.1, -0.05) is 48.5 Å². The Balaban J connectivity index is 1.91. The SMILES string of the molecule is CCCC1CCC(COc2ccc(Br)c(C(F)F)c2F)CC1. The van der Waals surface area contributed by atoms with Crippen molar-refractivity contribution >= 4 is 15.9 Å². The highest BCUT2D eigenvalue weighted by molar-refractivity contribution is 9.10. The van der Waals surface area contributed by atoms with E-state index in [1.165, 1.54) is 37.8 Å². The first-order chi connectivity index (χ1) is 10.5. The third-order valence-electron chi connectivity index (χ3n) is 4.45. The zero-order chi connectivity index (χ0) is 16.1. The van der Waals surface area contributed by atoms with E-state index in [0.29, 0.717) is 12.5 Å². The second kappa shape index (κ2) is 8.23.